The minimum atomic E-state index is 0.939. The lowest BCUT2D eigenvalue weighted by molar-refractivity contribution is 0.126. The van der Waals surface area contributed by atoms with Crippen molar-refractivity contribution in [3.63, 3.8) is 0 Å². The zero-order chi connectivity index (χ0) is 8.84. The molecule has 0 spiro atoms. The average Bonchev–Trinajstić information content (AvgIpc) is 2.47. The first kappa shape index (κ1) is 8.60. The zero-order valence-electron chi connectivity index (χ0n) is 8.41. The SMILES string of the molecule is CN1SC2CCCC3CCCC1C32. The van der Waals surface area contributed by atoms with Crippen molar-refractivity contribution in [3.8, 4) is 0 Å². The highest BCUT2D eigenvalue weighted by Crippen LogP contribution is 2.52. The van der Waals surface area contributed by atoms with E-state index in [0.29, 0.717) is 0 Å². The maximum atomic E-state index is 2.58. The van der Waals surface area contributed by atoms with E-state index in [2.05, 4.69) is 23.3 Å². The van der Waals surface area contributed by atoms with Crippen LogP contribution in [0.1, 0.15) is 38.5 Å². The van der Waals surface area contributed by atoms with Crippen molar-refractivity contribution in [1.29, 1.82) is 0 Å². The zero-order valence-corrected chi connectivity index (χ0v) is 9.22. The Labute approximate surface area is 85.4 Å². The molecule has 2 heteroatoms. The molecule has 0 aromatic carbocycles. The molecule has 1 nitrogen and oxygen atoms in total. The van der Waals surface area contributed by atoms with Crippen molar-refractivity contribution < 1.29 is 0 Å². The van der Waals surface area contributed by atoms with Crippen LogP contribution in [0.2, 0.25) is 0 Å². The molecular formula is C11H19NS. The van der Waals surface area contributed by atoms with E-state index >= 15 is 0 Å². The Morgan fingerprint density at radius 1 is 1.08 bits per heavy atom. The van der Waals surface area contributed by atoms with Crippen LogP contribution in [0.3, 0.4) is 0 Å². The number of rotatable bonds is 0. The highest BCUT2D eigenvalue weighted by Gasteiger charge is 2.47. The minimum absolute atomic E-state index is 0.939. The summed E-state index contributed by atoms with van der Waals surface area (Å²) in [6.07, 6.45) is 9.02. The highest BCUT2D eigenvalue weighted by atomic mass is 32.2. The van der Waals surface area contributed by atoms with E-state index < -0.39 is 0 Å². The molecule has 1 heterocycles. The van der Waals surface area contributed by atoms with Crippen LogP contribution in [0.4, 0.5) is 0 Å². The monoisotopic (exact) mass is 197 g/mol. The van der Waals surface area contributed by atoms with Gasteiger partial charge in [0.2, 0.25) is 0 Å². The van der Waals surface area contributed by atoms with Crippen LogP contribution in [0.5, 0.6) is 0 Å². The lowest BCUT2D eigenvalue weighted by Gasteiger charge is -2.40. The summed E-state index contributed by atoms with van der Waals surface area (Å²) >= 11 is 2.16. The second-order valence-electron chi connectivity index (χ2n) is 4.96. The van der Waals surface area contributed by atoms with Gasteiger partial charge in [-0.25, -0.2) is 0 Å². The van der Waals surface area contributed by atoms with Gasteiger partial charge in [0, 0.05) is 11.3 Å². The Balaban J connectivity index is 1.87. The number of hydrogen-bond donors (Lipinski definition) is 0. The molecule has 13 heavy (non-hydrogen) atoms. The van der Waals surface area contributed by atoms with Crippen molar-refractivity contribution in [1.82, 2.24) is 4.31 Å². The fraction of sp³-hybridized carbons (Fsp3) is 1.00. The Kier molecular flexibility index (Phi) is 2.09. The fourth-order valence-electron chi connectivity index (χ4n) is 3.79. The normalized spacial score (nSPS) is 50.5. The smallest absolute Gasteiger partial charge is 0.0241 e. The third-order valence-electron chi connectivity index (χ3n) is 4.32. The molecule has 1 saturated heterocycles. The molecule has 0 amide bonds. The van der Waals surface area contributed by atoms with Crippen LogP contribution >= 0.6 is 11.9 Å². The van der Waals surface area contributed by atoms with Crippen LogP contribution in [0, 0.1) is 11.8 Å². The molecule has 3 rings (SSSR count). The molecule has 0 N–H and O–H groups in total. The third-order valence-corrected chi connectivity index (χ3v) is 5.75. The van der Waals surface area contributed by atoms with Crippen molar-refractivity contribution >= 4 is 11.9 Å². The molecule has 1 aliphatic heterocycles. The summed E-state index contributed by atoms with van der Waals surface area (Å²) in [4.78, 5) is 0. The molecule has 0 aromatic rings. The summed E-state index contributed by atoms with van der Waals surface area (Å²) in [6, 6.07) is 0.939. The maximum absolute atomic E-state index is 2.58. The largest absolute Gasteiger partial charge is 0.250 e. The average molecular weight is 197 g/mol. The van der Waals surface area contributed by atoms with Crippen molar-refractivity contribution in [3.05, 3.63) is 0 Å². The molecule has 3 aliphatic rings. The van der Waals surface area contributed by atoms with Gasteiger partial charge in [0.1, 0.15) is 0 Å². The van der Waals surface area contributed by atoms with Crippen molar-refractivity contribution in [2.75, 3.05) is 7.05 Å². The van der Waals surface area contributed by atoms with E-state index in [4.69, 9.17) is 0 Å². The third kappa shape index (κ3) is 1.25. The summed E-state index contributed by atoms with van der Waals surface area (Å²) < 4.78 is 2.58. The minimum Gasteiger partial charge on any atom is -0.250 e. The summed E-state index contributed by atoms with van der Waals surface area (Å²) in [5.74, 6) is 2.16. The van der Waals surface area contributed by atoms with Crippen molar-refractivity contribution in [2.45, 2.75) is 49.8 Å². The molecule has 3 fully saturated rings. The van der Waals surface area contributed by atoms with Gasteiger partial charge >= 0.3 is 0 Å². The van der Waals surface area contributed by atoms with Gasteiger partial charge in [-0.05, 0) is 31.7 Å². The molecule has 0 bridgehead atoms. The van der Waals surface area contributed by atoms with E-state index in [1.54, 1.807) is 0 Å². The second-order valence-corrected chi connectivity index (χ2v) is 6.35. The molecular weight excluding hydrogens is 178 g/mol. The van der Waals surface area contributed by atoms with E-state index in [9.17, 15) is 0 Å². The van der Waals surface area contributed by atoms with Gasteiger partial charge < -0.3 is 0 Å². The Morgan fingerprint density at radius 3 is 2.69 bits per heavy atom. The van der Waals surface area contributed by atoms with Gasteiger partial charge in [-0.3, -0.25) is 4.31 Å². The Morgan fingerprint density at radius 2 is 1.85 bits per heavy atom. The summed E-state index contributed by atoms with van der Waals surface area (Å²) in [7, 11) is 2.32. The second kappa shape index (κ2) is 3.16. The molecule has 4 atom stereocenters. The quantitative estimate of drug-likeness (QED) is 0.549. The predicted octanol–water partition coefficient (Wildman–Crippen LogP) is 2.92. The van der Waals surface area contributed by atoms with Gasteiger partial charge in [0.15, 0.2) is 0 Å². The molecule has 0 aromatic heterocycles. The van der Waals surface area contributed by atoms with E-state index in [1.165, 1.54) is 38.5 Å². The van der Waals surface area contributed by atoms with Crippen LogP contribution < -0.4 is 0 Å². The van der Waals surface area contributed by atoms with E-state index in [0.717, 1.165) is 23.1 Å². The molecule has 2 saturated carbocycles. The van der Waals surface area contributed by atoms with E-state index in [-0.39, 0.29) is 0 Å². The standard InChI is InChI=1S/C11H19NS/c1-12-9-6-2-4-8-5-3-7-10(13-12)11(8)9/h8-11H,2-7H2,1H3. The number of nitrogens with zero attached hydrogens (tertiary/aromatic N) is 1. The molecule has 0 radical (unpaired) electrons. The number of hydrogen-bond acceptors (Lipinski definition) is 2. The van der Waals surface area contributed by atoms with Gasteiger partial charge in [-0.1, -0.05) is 37.6 Å². The van der Waals surface area contributed by atoms with Crippen LogP contribution in [-0.4, -0.2) is 22.6 Å². The molecule has 74 valence electrons. The van der Waals surface area contributed by atoms with Gasteiger partial charge in [0.25, 0.3) is 0 Å². The topological polar surface area (TPSA) is 3.24 Å². The van der Waals surface area contributed by atoms with Gasteiger partial charge in [-0.15, -0.1) is 0 Å². The lowest BCUT2D eigenvalue weighted by atomic mass is 9.68. The molecule has 2 aliphatic carbocycles. The van der Waals surface area contributed by atoms with Gasteiger partial charge in [0.05, 0.1) is 0 Å². The van der Waals surface area contributed by atoms with Crippen LogP contribution in [0.15, 0.2) is 0 Å². The van der Waals surface area contributed by atoms with E-state index in [1.807, 2.05) is 0 Å². The highest BCUT2D eigenvalue weighted by molar-refractivity contribution is 7.97. The van der Waals surface area contributed by atoms with Gasteiger partial charge in [-0.2, -0.15) is 0 Å². The van der Waals surface area contributed by atoms with Crippen LogP contribution in [0.25, 0.3) is 0 Å². The van der Waals surface area contributed by atoms with Crippen LogP contribution in [-0.2, 0) is 0 Å². The Bertz CT molecular complexity index is 198. The summed E-state index contributed by atoms with van der Waals surface area (Å²) in [5.41, 5.74) is 0. The molecule has 4 unspecified atom stereocenters. The fourth-order valence-corrected chi connectivity index (χ4v) is 5.43. The Hall–Kier alpha value is 0.310. The summed E-state index contributed by atoms with van der Waals surface area (Å²) in [5, 5.41) is 0.994. The first-order valence-electron chi connectivity index (χ1n) is 5.76. The van der Waals surface area contributed by atoms with Crippen molar-refractivity contribution in [2.24, 2.45) is 11.8 Å². The summed E-state index contributed by atoms with van der Waals surface area (Å²) in [6.45, 7) is 0. The predicted molar refractivity (Wildman–Crippen MR) is 57.6 cm³/mol. The lowest BCUT2D eigenvalue weighted by Crippen LogP contribution is -2.40. The first-order chi connectivity index (χ1) is 6.36. The maximum Gasteiger partial charge on any atom is 0.0241 e. The first-order valence-corrected chi connectivity index (χ1v) is 6.59.